The lowest BCUT2D eigenvalue weighted by molar-refractivity contribution is 0.770. The van der Waals surface area contributed by atoms with Gasteiger partial charge >= 0.3 is 0 Å². The molecular formula is C48H33N3. The third-order valence-corrected chi connectivity index (χ3v) is 10.8. The van der Waals surface area contributed by atoms with Crippen LogP contribution in [0, 0.1) is 0 Å². The number of nitrogens with zero attached hydrogens (tertiary/aromatic N) is 3. The fourth-order valence-corrected chi connectivity index (χ4v) is 8.51. The maximum atomic E-state index is 4.98. The molecule has 51 heavy (non-hydrogen) atoms. The van der Waals surface area contributed by atoms with Crippen LogP contribution in [0.5, 0.6) is 0 Å². The molecule has 240 valence electrons. The van der Waals surface area contributed by atoms with E-state index in [1.165, 1.54) is 61.0 Å². The van der Waals surface area contributed by atoms with Crippen LogP contribution in [-0.2, 0) is 12.5 Å². The summed E-state index contributed by atoms with van der Waals surface area (Å²) in [6, 6.07) is 62.0. The molecule has 0 bridgehead atoms. The van der Waals surface area contributed by atoms with E-state index < -0.39 is 5.41 Å². The van der Waals surface area contributed by atoms with Crippen LogP contribution in [0.1, 0.15) is 22.3 Å². The van der Waals surface area contributed by atoms with Crippen molar-refractivity contribution >= 4 is 21.8 Å². The van der Waals surface area contributed by atoms with E-state index in [4.69, 9.17) is 4.98 Å². The van der Waals surface area contributed by atoms with Gasteiger partial charge in [-0.25, -0.2) is 4.98 Å². The minimum absolute atomic E-state index is 0.545. The fraction of sp³-hybridized carbons (Fsp3) is 0.0417. The van der Waals surface area contributed by atoms with E-state index in [1.54, 1.807) is 0 Å². The normalized spacial score (nSPS) is 13.0. The summed E-state index contributed by atoms with van der Waals surface area (Å²) < 4.78 is 2.18. The molecular weight excluding hydrogens is 619 g/mol. The van der Waals surface area contributed by atoms with Crippen molar-refractivity contribution in [2.75, 3.05) is 0 Å². The van der Waals surface area contributed by atoms with E-state index in [0.29, 0.717) is 0 Å². The van der Waals surface area contributed by atoms with Crippen LogP contribution in [0.15, 0.2) is 182 Å². The highest BCUT2D eigenvalue weighted by Crippen LogP contribution is 2.60. The average molecular weight is 652 g/mol. The van der Waals surface area contributed by atoms with Crippen molar-refractivity contribution in [3.8, 4) is 44.8 Å². The number of aromatic nitrogens is 3. The van der Waals surface area contributed by atoms with Gasteiger partial charge in [0.05, 0.1) is 16.4 Å². The predicted molar refractivity (Wildman–Crippen MR) is 210 cm³/mol. The number of hydrogen-bond acceptors (Lipinski definition) is 2. The summed E-state index contributed by atoms with van der Waals surface area (Å²) >= 11 is 0. The number of imidazole rings is 1. The Morgan fingerprint density at radius 3 is 1.92 bits per heavy atom. The van der Waals surface area contributed by atoms with Crippen LogP contribution in [0.2, 0.25) is 0 Å². The van der Waals surface area contributed by atoms with Gasteiger partial charge in [0.15, 0.2) is 0 Å². The van der Waals surface area contributed by atoms with Gasteiger partial charge in [0.1, 0.15) is 5.82 Å². The molecule has 0 atom stereocenters. The van der Waals surface area contributed by atoms with Crippen molar-refractivity contribution in [3.05, 3.63) is 205 Å². The molecule has 0 radical (unpaired) electrons. The van der Waals surface area contributed by atoms with Gasteiger partial charge in [0.25, 0.3) is 0 Å². The standard InChI is InChI=1S/C48H33N3/c1-51-44-19-11-10-18-43(44)50-47(51)34-23-21-33(22-24-34)39-26-27-40(35-25-20-32-28-29-49-31-36(32)30-35)46-45(39)41-16-8-9-17-42(41)48(46,37-12-4-2-5-13-37)38-14-6-3-7-15-38/h2-31H,1H3. The molecule has 0 saturated heterocycles. The first-order chi connectivity index (χ1) is 25.2. The molecule has 1 aliphatic rings. The van der Waals surface area contributed by atoms with Crippen LogP contribution in [0.25, 0.3) is 66.6 Å². The summed E-state index contributed by atoms with van der Waals surface area (Å²) in [5.41, 5.74) is 15.1. The first-order valence-corrected chi connectivity index (χ1v) is 17.5. The van der Waals surface area contributed by atoms with Crippen molar-refractivity contribution in [1.82, 2.24) is 14.5 Å². The van der Waals surface area contributed by atoms with Crippen molar-refractivity contribution in [1.29, 1.82) is 0 Å². The zero-order chi connectivity index (χ0) is 33.9. The highest BCUT2D eigenvalue weighted by molar-refractivity contribution is 6.01. The summed E-state index contributed by atoms with van der Waals surface area (Å²) in [4.78, 5) is 9.45. The fourth-order valence-electron chi connectivity index (χ4n) is 8.51. The van der Waals surface area contributed by atoms with Crippen LogP contribution in [0.4, 0.5) is 0 Å². The number of aryl methyl sites for hydroxylation is 1. The lowest BCUT2D eigenvalue weighted by Crippen LogP contribution is -2.29. The smallest absolute Gasteiger partial charge is 0.140 e. The zero-order valence-corrected chi connectivity index (χ0v) is 28.2. The Morgan fingerprint density at radius 1 is 0.510 bits per heavy atom. The van der Waals surface area contributed by atoms with Crippen molar-refractivity contribution in [3.63, 3.8) is 0 Å². The number of rotatable bonds is 5. The quantitative estimate of drug-likeness (QED) is 0.185. The summed E-state index contributed by atoms with van der Waals surface area (Å²) in [6.45, 7) is 0. The minimum Gasteiger partial charge on any atom is -0.327 e. The largest absolute Gasteiger partial charge is 0.327 e. The van der Waals surface area contributed by atoms with Crippen LogP contribution in [-0.4, -0.2) is 14.5 Å². The number of para-hydroxylation sites is 2. The van der Waals surface area contributed by atoms with Gasteiger partial charge in [-0.05, 0) is 85.3 Å². The maximum Gasteiger partial charge on any atom is 0.140 e. The summed E-state index contributed by atoms with van der Waals surface area (Å²) in [5, 5.41) is 2.31. The number of benzene rings is 7. The first-order valence-electron chi connectivity index (χ1n) is 17.5. The van der Waals surface area contributed by atoms with Gasteiger partial charge < -0.3 is 4.57 Å². The lowest BCUT2D eigenvalue weighted by atomic mass is 9.66. The van der Waals surface area contributed by atoms with Crippen LogP contribution in [0.3, 0.4) is 0 Å². The summed E-state index contributed by atoms with van der Waals surface area (Å²) in [6.07, 6.45) is 3.83. The van der Waals surface area contributed by atoms with E-state index >= 15 is 0 Å². The lowest BCUT2D eigenvalue weighted by Gasteiger charge is -2.35. The SMILES string of the molecule is Cn1c(-c2ccc(-c3ccc(-c4ccc5ccncc5c4)c4c3-c3ccccc3C4(c3ccccc3)c3ccccc3)cc2)nc2ccccc21. The molecule has 3 heteroatoms. The van der Waals surface area contributed by atoms with Gasteiger partial charge in [-0.3, -0.25) is 4.98 Å². The molecule has 1 aliphatic carbocycles. The van der Waals surface area contributed by atoms with E-state index in [1.807, 2.05) is 18.5 Å². The van der Waals surface area contributed by atoms with Crippen LogP contribution >= 0.6 is 0 Å². The predicted octanol–water partition coefficient (Wildman–Crippen LogP) is 11.5. The second-order valence-electron chi connectivity index (χ2n) is 13.4. The van der Waals surface area contributed by atoms with Gasteiger partial charge in [-0.15, -0.1) is 0 Å². The van der Waals surface area contributed by atoms with Gasteiger partial charge in [-0.2, -0.15) is 0 Å². The molecule has 10 rings (SSSR count). The Morgan fingerprint density at radius 2 is 1.16 bits per heavy atom. The molecule has 3 nitrogen and oxygen atoms in total. The molecule has 0 unspecified atom stereocenters. The van der Waals surface area contributed by atoms with E-state index in [2.05, 4.69) is 180 Å². The van der Waals surface area contributed by atoms with Crippen molar-refractivity contribution in [2.45, 2.75) is 5.41 Å². The van der Waals surface area contributed by atoms with Gasteiger partial charge in [-0.1, -0.05) is 146 Å². The first kappa shape index (κ1) is 29.3. The second kappa shape index (κ2) is 11.5. The summed E-state index contributed by atoms with van der Waals surface area (Å²) in [5.74, 6) is 0.964. The topological polar surface area (TPSA) is 30.7 Å². The molecule has 0 aliphatic heterocycles. The molecule has 0 amide bonds. The Labute approximate surface area is 297 Å². The van der Waals surface area contributed by atoms with Gasteiger partial charge in [0.2, 0.25) is 0 Å². The van der Waals surface area contributed by atoms with Crippen LogP contribution < -0.4 is 0 Å². The second-order valence-corrected chi connectivity index (χ2v) is 13.4. The monoisotopic (exact) mass is 651 g/mol. The Balaban J connectivity index is 1.27. The Kier molecular flexibility index (Phi) is 6.62. The van der Waals surface area contributed by atoms with E-state index in [0.717, 1.165) is 27.8 Å². The molecule has 2 aromatic heterocycles. The molecule has 0 N–H and O–H groups in total. The Hall–Kier alpha value is -6.58. The third-order valence-electron chi connectivity index (χ3n) is 10.8. The van der Waals surface area contributed by atoms with E-state index in [9.17, 15) is 0 Å². The summed E-state index contributed by atoms with van der Waals surface area (Å²) in [7, 11) is 2.09. The minimum atomic E-state index is -0.545. The number of fused-ring (bicyclic) bond motifs is 5. The molecule has 7 aromatic carbocycles. The van der Waals surface area contributed by atoms with Gasteiger partial charge in [0, 0.05) is 30.4 Å². The zero-order valence-electron chi connectivity index (χ0n) is 28.2. The maximum absolute atomic E-state index is 4.98. The third kappa shape index (κ3) is 4.38. The highest BCUT2D eigenvalue weighted by Gasteiger charge is 2.48. The molecule has 0 fully saturated rings. The average Bonchev–Trinajstić information content (AvgIpc) is 3.71. The number of hydrogen-bond donors (Lipinski definition) is 0. The Bertz CT molecular complexity index is 2700. The molecule has 9 aromatic rings. The molecule has 0 saturated carbocycles. The molecule has 2 heterocycles. The molecule has 0 spiro atoms. The van der Waals surface area contributed by atoms with Crippen molar-refractivity contribution < 1.29 is 0 Å². The van der Waals surface area contributed by atoms with Crippen molar-refractivity contribution in [2.24, 2.45) is 7.05 Å². The number of pyridine rings is 1. The van der Waals surface area contributed by atoms with E-state index in [-0.39, 0.29) is 0 Å². The highest BCUT2D eigenvalue weighted by atomic mass is 15.1.